The number of anilines is 2. The van der Waals surface area contributed by atoms with E-state index in [1.807, 2.05) is 19.1 Å². The van der Waals surface area contributed by atoms with Gasteiger partial charge >= 0.3 is 5.97 Å². The predicted octanol–water partition coefficient (Wildman–Crippen LogP) is 2.85. The van der Waals surface area contributed by atoms with E-state index in [-0.39, 0.29) is 17.2 Å². The second-order valence-corrected chi connectivity index (χ2v) is 6.43. The van der Waals surface area contributed by atoms with E-state index in [0.717, 1.165) is 30.4 Å². The molecule has 1 heterocycles. The Balaban J connectivity index is 1.76. The first-order chi connectivity index (χ1) is 12.9. The van der Waals surface area contributed by atoms with Gasteiger partial charge in [-0.2, -0.15) is 0 Å². The fourth-order valence-electron chi connectivity index (χ4n) is 3.03. The van der Waals surface area contributed by atoms with E-state index in [9.17, 15) is 14.0 Å². The van der Waals surface area contributed by atoms with Crippen molar-refractivity contribution in [3.63, 3.8) is 0 Å². The van der Waals surface area contributed by atoms with Crippen LogP contribution in [0, 0.1) is 12.7 Å². The van der Waals surface area contributed by atoms with Crippen LogP contribution >= 0.6 is 0 Å². The number of rotatable bonds is 5. The van der Waals surface area contributed by atoms with Crippen LogP contribution < -0.4 is 10.2 Å². The average Bonchev–Trinajstić information content (AvgIpc) is 2.64. The monoisotopic (exact) mass is 372 g/mol. The Morgan fingerprint density at radius 1 is 1.19 bits per heavy atom. The van der Waals surface area contributed by atoms with E-state index in [2.05, 4.69) is 10.2 Å². The molecule has 0 bridgehead atoms. The van der Waals surface area contributed by atoms with Crippen molar-refractivity contribution in [2.45, 2.75) is 13.3 Å². The number of carboxylic acids is 1. The number of ether oxygens (including phenoxy) is 1. The number of halogens is 1. The van der Waals surface area contributed by atoms with Crippen molar-refractivity contribution >= 4 is 23.3 Å². The van der Waals surface area contributed by atoms with Crippen molar-refractivity contribution in [3.05, 3.63) is 58.9 Å². The van der Waals surface area contributed by atoms with Gasteiger partial charge in [-0.15, -0.1) is 0 Å². The van der Waals surface area contributed by atoms with E-state index in [1.54, 1.807) is 6.07 Å². The second-order valence-electron chi connectivity index (χ2n) is 6.43. The van der Waals surface area contributed by atoms with Gasteiger partial charge in [-0.1, -0.05) is 12.1 Å². The molecule has 27 heavy (non-hydrogen) atoms. The van der Waals surface area contributed by atoms with E-state index >= 15 is 0 Å². The quantitative estimate of drug-likeness (QED) is 0.844. The highest BCUT2D eigenvalue weighted by atomic mass is 19.1. The molecular weight excluding hydrogens is 351 g/mol. The van der Waals surface area contributed by atoms with Gasteiger partial charge in [0.25, 0.3) is 5.91 Å². The summed E-state index contributed by atoms with van der Waals surface area (Å²) in [6.07, 6.45) is -0.402. The molecule has 1 amide bonds. The average molecular weight is 372 g/mol. The molecule has 2 aromatic carbocycles. The number of carboxylic acid groups (broad SMARTS) is 1. The van der Waals surface area contributed by atoms with Crippen molar-refractivity contribution in [1.82, 2.24) is 0 Å². The van der Waals surface area contributed by atoms with Gasteiger partial charge in [0.1, 0.15) is 5.82 Å². The number of hydrogen-bond acceptors (Lipinski definition) is 4. The first kappa shape index (κ1) is 18.8. The molecule has 7 heteroatoms. The Bertz CT molecular complexity index is 863. The molecule has 3 rings (SSSR count). The lowest BCUT2D eigenvalue weighted by atomic mass is 10.1. The van der Waals surface area contributed by atoms with Crippen LogP contribution in [0.4, 0.5) is 15.8 Å². The third-order valence-electron chi connectivity index (χ3n) is 4.48. The molecule has 142 valence electrons. The predicted molar refractivity (Wildman–Crippen MR) is 99.9 cm³/mol. The van der Waals surface area contributed by atoms with Gasteiger partial charge in [0, 0.05) is 30.0 Å². The summed E-state index contributed by atoms with van der Waals surface area (Å²) in [6, 6.07) is 9.43. The minimum atomic E-state index is -1.11. The fraction of sp³-hybridized carbons (Fsp3) is 0.300. The molecule has 0 aromatic heterocycles. The van der Waals surface area contributed by atoms with Crippen molar-refractivity contribution in [2.24, 2.45) is 0 Å². The van der Waals surface area contributed by atoms with Crippen LogP contribution in [-0.2, 0) is 16.0 Å². The molecule has 6 nitrogen and oxygen atoms in total. The van der Waals surface area contributed by atoms with Crippen LogP contribution in [0.2, 0.25) is 0 Å². The van der Waals surface area contributed by atoms with E-state index in [4.69, 9.17) is 9.84 Å². The summed E-state index contributed by atoms with van der Waals surface area (Å²) in [5.41, 5.74) is 2.87. The van der Waals surface area contributed by atoms with E-state index in [1.165, 1.54) is 12.1 Å². The smallest absolute Gasteiger partial charge is 0.307 e. The lowest BCUT2D eigenvalue weighted by Crippen LogP contribution is -2.36. The summed E-state index contributed by atoms with van der Waals surface area (Å²) >= 11 is 0. The van der Waals surface area contributed by atoms with Crippen LogP contribution in [0.5, 0.6) is 0 Å². The number of nitrogens with zero attached hydrogens (tertiary/aromatic N) is 1. The van der Waals surface area contributed by atoms with Gasteiger partial charge < -0.3 is 20.1 Å². The summed E-state index contributed by atoms with van der Waals surface area (Å²) in [5.74, 6) is -2.12. The molecule has 2 N–H and O–H groups in total. The largest absolute Gasteiger partial charge is 0.481 e. The Morgan fingerprint density at radius 3 is 2.59 bits per heavy atom. The van der Waals surface area contributed by atoms with Crippen LogP contribution in [0.1, 0.15) is 21.5 Å². The first-order valence-corrected chi connectivity index (χ1v) is 8.69. The lowest BCUT2D eigenvalue weighted by Gasteiger charge is -2.30. The Hall–Kier alpha value is -2.93. The number of benzene rings is 2. The van der Waals surface area contributed by atoms with Crippen LogP contribution in [0.15, 0.2) is 36.4 Å². The zero-order valence-corrected chi connectivity index (χ0v) is 15.0. The summed E-state index contributed by atoms with van der Waals surface area (Å²) in [5, 5.41) is 11.4. The standard InChI is InChI=1S/C20H21FN2O4/c1-13-2-3-15(10-18(13)23-6-8-27-9-7-23)20(26)22-16-5-4-14(11-19(24)25)17(21)12-16/h2-5,10,12H,6-9,11H2,1H3,(H,22,26)(H,24,25). The minimum Gasteiger partial charge on any atom is -0.481 e. The number of aliphatic carboxylic acids is 1. The third-order valence-corrected chi connectivity index (χ3v) is 4.48. The molecule has 0 radical (unpaired) electrons. The summed E-state index contributed by atoms with van der Waals surface area (Å²) in [4.78, 5) is 25.5. The second kappa shape index (κ2) is 8.18. The van der Waals surface area contributed by atoms with Crippen molar-refractivity contribution in [1.29, 1.82) is 0 Å². The van der Waals surface area contributed by atoms with Gasteiger partial charge in [0.2, 0.25) is 0 Å². The molecule has 1 saturated heterocycles. The molecule has 0 spiro atoms. The van der Waals surface area contributed by atoms with Gasteiger partial charge in [-0.25, -0.2) is 4.39 Å². The normalized spacial score (nSPS) is 14.1. The highest BCUT2D eigenvalue weighted by molar-refractivity contribution is 6.05. The molecule has 1 aliphatic heterocycles. The van der Waals surface area contributed by atoms with Gasteiger partial charge in [0.15, 0.2) is 0 Å². The molecule has 1 fully saturated rings. The van der Waals surface area contributed by atoms with E-state index < -0.39 is 18.2 Å². The number of carbonyl (C=O) groups excluding carboxylic acids is 1. The molecule has 0 atom stereocenters. The molecule has 0 unspecified atom stereocenters. The molecule has 0 aliphatic carbocycles. The molecule has 2 aromatic rings. The fourth-order valence-corrected chi connectivity index (χ4v) is 3.03. The van der Waals surface area contributed by atoms with Crippen LogP contribution in [0.3, 0.4) is 0 Å². The van der Waals surface area contributed by atoms with Crippen molar-refractivity contribution in [3.8, 4) is 0 Å². The lowest BCUT2D eigenvalue weighted by molar-refractivity contribution is -0.136. The Morgan fingerprint density at radius 2 is 1.93 bits per heavy atom. The molecular formula is C20H21FN2O4. The third kappa shape index (κ3) is 4.62. The number of hydrogen-bond donors (Lipinski definition) is 2. The van der Waals surface area contributed by atoms with E-state index in [0.29, 0.717) is 18.8 Å². The minimum absolute atomic E-state index is 0.0745. The van der Waals surface area contributed by atoms with Gasteiger partial charge in [0.05, 0.1) is 19.6 Å². The number of carbonyl (C=O) groups is 2. The van der Waals surface area contributed by atoms with Crippen LogP contribution in [0.25, 0.3) is 0 Å². The topological polar surface area (TPSA) is 78.9 Å². The SMILES string of the molecule is Cc1ccc(C(=O)Nc2ccc(CC(=O)O)c(F)c2)cc1N1CCOCC1. The number of morpholine rings is 1. The zero-order valence-electron chi connectivity index (χ0n) is 15.0. The summed E-state index contributed by atoms with van der Waals surface area (Å²) < 4.78 is 19.4. The number of amides is 1. The number of nitrogens with one attached hydrogen (secondary N) is 1. The maximum atomic E-state index is 14.0. The Labute approximate surface area is 156 Å². The number of aryl methyl sites for hydroxylation is 1. The summed E-state index contributed by atoms with van der Waals surface area (Å²) in [6.45, 7) is 4.82. The van der Waals surface area contributed by atoms with Crippen LogP contribution in [-0.4, -0.2) is 43.3 Å². The maximum absolute atomic E-state index is 14.0. The zero-order chi connectivity index (χ0) is 19.4. The molecule has 0 saturated carbocycles. The van der Waals surface area contributed by atoms with Crippen molar-refractivity contribution < 1.29 is 23.8 Å². The Kier molecular flexibility index (Phi) is 5.71. The summed E-state index contributed by atoms with van der Waals surface area (Å²) in [7, 11) is 0. The highest BCUT2D eigenvalue weighted by Crippen LogP contribution is 2.24. The first-order valence-electron chi connectivity index (χ1n) is 8.69. The van der Waals surface area contributed by atoms with Gasteiger partial charge in [-0.05, 0) is 42.3 Å². The van der Waals surface area contributed by atoms with Gasteiger partial charge in [-0.3, -0.25) is 9.59 Å². The maximum Gasteiger partial charge on any atom is 0.307 e. The highest BCUT2D eigenvalue weighted by Gasteiger charge is 2.16. The molecule has 1 aliphatic rings. The van der Waals surface area contributed by atoms with Crippen molar-refractivity contribution in [2.75, 3.05) is 36.5 Å².